The maximum absolute atomic E-state index is 12.0. The van der Waals surface area contributed by atoms with Gasteiger partial charge >= 0.3 is 0 Å². The number of β-lactam (4-membered cyclic amide) rings is 1. The second kappa shape index (κ2) is 5.53. The van der Waals surface area contributed by atoms with Gasteiger partial charge in [0.15, 0.2) is 0 Å². The number of carbonyl (C=O) groups excluding carboxylic acids is 1. The summed E-state index contributed by atoms with van der Waals surface area (Å²) in [5.41, 5.74) is 2.58. The van der Waals surface area contributed by atoms with E-state index in [-0.39, 0.29) is 11.9 Å². The van der Waals surface area contributed by atoms with Gasteiger partial charge in [-0.3, -0.25) is 9.69 Å². The average molecular weight is 251 g/mol. The van der Waals surface area contributed by atoms with Crippen molar-refractivity contribution in [1.82, 2.24) is 0 Å². The van der Waals surface area contributed by atoms with Gasteiger partial charge in [0.05, 0.1) is 6.04 Å². The molecule has 19 heavy (non-hydrogen) atoms. The molecule has 0 aliphatic carbocycles. The first-order valence-electron chi connectivity index (χ1n) is 6.23. The Morgan fingerprint density at radius 1 is 1.32 bits per heavy atom. The molecule has 1 aliphatic rings. The number of carbonyl (C=O) groups is 1. The van der Waals surface area contributed by atoms with E-state index in [2.05, 4.69) is 13.2 Å². The van der Waals surface area contributed by atoms with E-state index in [0.717, 1.165) is 11.3 Å². The number of amides is 1. The summed E-state index contributed by atoms with van der Waals surface area (Å²) >= 11 is 0. The molecule has 0 saturated carbocycles. The zero-order chi connectivity index (χ0) is 13.8. The Hall–Kier alpha value is -2.35. The molecular formula is C17H17NO. The van der Waals surface area contributed by atoms with Crippen LogP contribution >= 0.6 is 0 Å². The summed E-state index contributed by atoms with van der Waals surface area (Å²) in [6.45, 7) is 9.51. The molecule has 2 rings (SSSR count). The van der Waals surface area contributed by atoms with Crippen LogP contribution in [-0.2, 0) is 4.79 Å². The number of hydrogen-bond acceptors (Lipinski definition) is 1. The fourth-order valence-electron chi connectivity index (χ4n) is 2.21. The van der Waals surface area contributed by atoms with E-state index in [1.807, 2.05) is 55.5 Å². The van der Waals surface area contributed by atoms with Crippen molar-refractivity contribution in [2.24, 2.45) is 0 Å². The van der Waals surface area contributed by atoms with E-state index in [1.165, 1.54) is 0 Å². The van der Waals surface area contributed by atoms with Crippen LogP contribution in [0.3, 0.4) is 0 Å². The minimum absolute atomic E-state index is 0.0115. The predicted molar refractivity (Wildman–Crippen MR) is 80.0 cm³/mol. The zero-order valence-electron chi connectivity index (χ0n) is 11.0. The third-order valence-corrected chi connectivity index (χ3v) is 3.19. The highest BCUT2D eigenvalue weighted by Crippen LogP contribution is 2.35. The molecule has 0 radical (unpaired) electrons. The first kappa shape index (κ1) is 13.1. The summed E-state index contributed by atoms with van der Waals surface area (Å²) in [4.78, 5) is 13.8. The first-order valence-corrected chi connectivity index (χ1v) is 6.23. The summed E-state index contributed by atoms with van der Waals surface area (Å²) in [7, 11) is 0. The van der Waals surface area contributed by atoms with Crippen molar-refractivity contribution in [3.8, 4) is 0 Å². The van der Waals surface area contributed by atoms with Crippen LogP contribution in [0.1, 0.15) is 6.92 Å². The number of rotatable bonds is 4. The van der Waals surface area contributed by atoms with Gasteiger partial charge in [0, 0.05) is 11.3 Å². The predicted octanol–water partition coefficient (Wildman–Crippen LogP) is 3.65. The van der Waals surface area contributed by atoms with Gasteiger partial charge in [0.1, 0.15) is 0 Å². The summed E-state index contributed by atoms with van der Waals surface area (Å²) in [6, 6.07) is 9.58. The highest BCUT2D eigenvalue weighted by atomic mass is 16.2. The quantitative estimate of drug-likeness (QED) is 0.454. The third-order valence-electron chi connectivity index (χ3n) is 3.19. The molecule has 1 unspecified atom stereocenters. The standard InChI is InChI=1S/C17H17NO/c1-4-6-10-14(5-2)16-13(3)17(19)18(16)15-11-8-7-9-12-15/h4-12,16H,1,3H2,2H3/b10-6-,14-5+. The van der Waals surface area contributed by atoms with Crippen LogP contribution in [0.4, 0.5) is 5.69 Å². The molecule has 0 bridgehead atoms. The van der Waals surface area contributed by atoms with Crippen molar-refractivity contribution in [1.29, 1.82) is 0 Å². The van der Waals surface area contributed by atoms with E-state index >= 15 is 0 Å². The highest BCUT2D eigenvalue weighted by Gasteiger charge is 2.42. The fourth-order valence-corrected chi connectivity index (χ4v) is 2.21. The lowest BCUT2D eigenvalue weighted by Crippen LogP contribution is -2.55. The lowest BCUT2D eigenvalue weighted by atomic mass is 9.87. The number of anilines is 1. The minimum Gasteiger partial charge on any atom is -0.297 e. The van der Waals surface area contributed by atoms with Crippen LogP contribution in [0.2, 0.25) is 0 Å². The Kier molecular flexibility index (Phi) is 3.81. The number of hydrogen-bond donors (Lipinski definition) is 0. The zero-order valence-corrected chi connectivity index (χ0v) is 11.0. The Bertz CT molecular complexity index is 566. The van der Waals surface area contributed by atoms with Crippen LogP contribution in [-0.4, -0.2) is 11.9 Å². The normalized spacial score (nSPS) is 19.7. The molecule has 2 heteroatoms. The van der Waals surface area contributed by atoms with Crippen LogP contribution in [0.5, 0.6) is 0 Å². The van der Waals surface area contributed by atoms with Gasteiger partial charge in [-0.15, -0.1) is 0 Å². The second-order valence-electron chi connectivity index (χ2n) is 4.32. The smallest absolute Gasteiger partial charge is 0.256 e. The Balaban J connectivity index is 2.34. The van der Waals surface area contributed by atoms with Crippen molar-refractivity contribution in [3.05, 3.63) is 78.9 Å². The van der Waals surface area contributed by atoms with Gasteiger partial charge in [-0.1, -0.05) is 55.7 Å². The van der Waals surface area contributed by atoms with Gasteiger partial charge in [-0.05, 0) is 24.6 Å². The van der Waals surface area contributed by atoms with Crippen molar-refractivity contribution in [2.75, 3.05) is 4.90 Å². The topological polar surface area (TPSA) is 20.3 Å². The lowest BCUT2D eigenvalue weighted by Gasteiger charge is -2.43. The molecule has 1 saturated heterocycles. The van der Waals surface area contributed by atoms with Crippen LogP contribution in [0.15, 0.2) is 78.9 Å². The van der Waals surface area contributed by atoms with Gasteiger partial charge in [0.25, 0.3) is 5.91 Å². The van der Waals surface area contributed by atoms with Crippen LogP contribution in [0, 0.1) is 0 Å². The molecule has 1 aromatic rings. The minimum atomic E-state index is -0.0731. The van der Waals surface area contributed by atoms with Crippen LogP contribution < -0.4 is 4.90 Å². The van der Waals surface area contributed by atoms with Gasteiger partial charge in [-0.25, -0.2) is 0 Å². The molecule has 0 spiro atoms. The maximum atomic E-state index is 12.0. The second-order valence-corrected chi connectivity index (χ2v) is 4.32. The third kappa shape index (κ3) is 2.29. The van der Waals surface area contributed by atoms with E-state index in [4.69, 9.17) is 0 Å². The van der Waals surface area contributed by atoms with Gasteiger partial charge < -0.3 is 0 Å². The molecule has 0 N–H and O–H groups in total. The number of benzene rings is 1. The average Bonchev–Trinajstić information content (AvgIpc) is 2.47. The van der Waals surface area contributed by atoms with Gasteiger partial charge in [-0.2, -0.15) is 0 Å². The highest BCUT2D eigenvalue weighted by molar-refractivity contribution is 6.16. The number of nitrogens with zero attached hydrogens (tertiary/aromatic N) is 1. The molecule has 96 valence electrons. The Morgan fingerprint density at radius 2 is 2.00 bits per heavy atom. The molecule has 1 fully saturated rings. The van der Waals surface area contributed by atoms with Crippen LogP contribution in [0.25, 0.3) is 0 Å². The molecule has 1 amide bonds. The molecule has 1 aliphatic heterocycles. The van der Waals surface area contributed by atoms with E-state index in [9.17, 15) is 4.79 Å². The van der Waals surface area contributed by atoms with Crippen molar-refractivity contribution in [2.45, 2.75) is 13.0 Å². The van der Waals surface area contributed by atoms with Crippen molar-refractivity contribution < 1.29 is 4.79 Å². The fraction of sp³-hybridized carbons (Fsp3) is 0.118. The molecule has 0 aromatic heterocycles. The summed E-state index contributed by atoms with van der Waals surface area (Å²) in [5.74, 6) is -0.0115. The van der Waals surface area contributed by atoms with Gasteiger partial charge in [0.2, 0.25) is 0 Å². The number of para-hydroxylation sites is 1. The van der Waals surface area contributed by atoms with E-state index in [0.29, 0.717) is 5.57 Å². The SMILES string of the molecule is C=C/C=C\C(=C/C)C1C(=C)C(=O)N1c1ccccc1. The maximum Gasteiger partial charge on any atom is 0.256 e. The van der Waals surface area contributed by atoms with Crippen molar-refractivity contribution >= 4 is 11.6 Å². The summed E-state index contributed by atoms with van der Waals surface area (Å²) < 4.78 is 0. The summed E-state index contributed by atoms with van der Waals surface area (Å²) in [5, 5.41) is 0. The van der Waals surface area contributed by atoms with E-state index in [1.54, 1.807) is 11.0 Å². The molecule has 1 heterocycles. The lowest BCUT2D eigenvalue weighted by molar-refractivity contribution is -0.118. The molecule has 1 aromatic carbocycles. The Morgan fingerprint density at radius 3 is 2.58 bits per heavy atom. The first-order chi connectivity index (χ1) is 9.20. The van der Waals surface area contributed by atoms with E-state index < -0.39 is 0 Å². The number of allylic oxidation sites excluding steroid dienone is 3. The monoisotopic (exact) mass is 251 g/mol. The Labute approximate surface area is 114 Å². The largest absolute Gasteiger partial charge is 0.297 e. The summed E-state index contributed by atoms with van der Waals surface area (Å²) in [6.07, 6.45) is 7.55. The molecule has 2 nitrogen and oxygen atoms in total. The molecule has 1 atom stereocenters. The van der Waals surface area contributed by atoms with Crippen molar-refractivity contribution in [3.63, 3.8) is 0 Å². The molecular weight excluding hydrogens is 234 g/mol.